The van der Waals surface area contributed by atoms with Crippen molar-refractivity contribution < 1.29 is 5.11 Å². The maximum atomic E-state index is 9.36. The molecule has 1 saturated carbocycles. The molecule has 0 saturated heterocycles. The zero-order valence-corrected chi connectivity index (χ0v) is 10.8. The predicted molar refractivity (Wildman–Crippen MR) is 64.7 cm³/mol. The van der Waals surface area contributed by atoms with Crippen LogP contribution in [-0.2, 0) is 6.61 Å². The van der Waals surface area contributed by atoms with E-state index in [4.69, 9.17) is 11.6 Å². The van der Waals surface area contributed by atoms with Crippen molar-refractivity contribution in [2.45, 2.75) is 52.2 Å². The van der Waals surface area contributed by atoms with Gasteiger partial charge in [-0.1, -0.05) is 25.4 Å². The summed E-state index contributed by atoms with van der Waals surface area (Å²) in [7, 11) is 0. The first-order chi connectivity index (χ1) is 7.56. The van der Waals surface area contributed by atoms with E-state index < -0.39 is 0 Å². The molecule has 0 amide bonds. The maximum absolute atomic E-state index is 9.36. The zero-order valence-electron chi connectivity index (χ0n) is 10.1. The third kappa shape index (κ3) is 1.98. The second kappa shape index (κ2) is 4.38. The molecular weight excluding hydrogens is 224 g/mol. The normalized spacial score (nSPS) is 18.1. The Bertz CT molecular complexity index is 383. The van der Waals surface area contributed by atoms with E-state index in [0.29, 0.717) is 23.0 Å². The van der Waals surface area contributed by atoms with Crippen LogP contribution in [0, 0.1) is 5.92 Å². The van der Waals surface area contributed by atoms with E-state index in [0.717, 1.165) is 11.3 Å². The van der Waals surface area contributed by atoms with Crippen molar-refractivity contribution in [2.75, 3.05) is 0 Å². The zero-order chi connectivity index (χ0) is 11.9. The first kappa shape index (κ1) is 11.9. The minimum Gasteiger partial charge on any atom is -0.391 e. The van der Waals surface area contributed by atoms with Gasteiger partial charge in [0, 0.05) is 5.56 Å². The second-order valence-corrected chi connectivity index (χ2v) is 5.35. The number of aliphatic hydroxyl groups is 1. The van der Waals surface area contributed by atoms with Crippen molar-refractivity contribution in [1.82, 2.24) is 9.78 Å². The molecule has 16 heavy (non-hydrogen) atoms. The highest BCUT2D eigenvalue weighted by Gasteiger charge is 2.32. The smallest absolute Gasteiger partial charge is 0.133 e. The summed E-state index contributed by atoms with van der Waals surface area (Å²) in [5.41, 5.74) is 1.73. The Labute approximate surface area is 101 Å². The Kier molecular flexibility index (Phi) is 3.27. The lowest BCUT2D eigenvalue weighted by Crippen LogP contribution is -2.09. The molecule has 0 spiro atoms. The molecule has 1 fully saturated rings. The number of aromatic nitrogens is 2. The molecule has 2 rings (SSSR count). The van der Waals surface area contributed by atoms with Gasteiger partial charge in [0.15, 0.2) is 0 Å². The van der Waals surface area contributed by atoms with Gasteiger partial charge >= 0.3 is 0 Å². The van der Waals surface area contributed by atoms with E-state index in [1.807, 2.05) is 4.68 Å². The highest BCUT2D eigenvalue weighted by Crippen LogP contribution is 2.41. The number of nitrogens with zero attached hydrogens (tertiary/aromatic N) is 2. The van der Waals surface area contributed by atoms with Crippen LogP contribution in [0.3, 0.4) is 0 Å². The molecule has 0 radical (unpaired) electrons. The van der Waals surface area contributed by atoms with Crippen LogP contribution in [0.5, 0.6) is 0 Å². The van der Waals surface area contributed by atoms with Gasteiger partial charge in [-0.2, -0.15) is 5.10 Å². The van der Waals surface area contributed by atoms with Crippen LogP contribution in [0.25, 0.3) is 0 Å². The highest BCUT2D eigenvalue weighted by atomic mass is 35.5. The van der Waals surface area contributed by atoms with E-state index >= 15 is 0 Å². The highest BCUT2D eigenvalue weighted by molar-refractivity contribution is 6.30. The third-order valence-electron chi connectivity index (χ3n) is 3.37. The van der Waals surface area contributed by atoms with Gasteiger partial charge in [-0.15, -0.1) is 0 Å². The van der Waals surface area contributed by atoms with Crippen LogP contribution in [0.2, 0.25) is 5.15 Å². The van der Waals surface area contributed by atoms with E-state index in [1.165, 1.54) is 12.8 Å². The standard InChI is InChI=1S/C12H19ClN2O/c1-7(2)11-10(6-16)12(13)15(14-11)8(3)9-4-5-9/h7-9,16H,4-6H2,1-3H3. The van der Waals surface area contributed by atoms with E-state index in [1.54, 1.807) is 0 Å². The third-order valence-corrected chi connectivity index (χ3v) is 3.77. The average molecular weight is 243 g/mol. The molecule has 1 unspecified atom stereocenters. The van der Waals surface area contributed by atoms with Crippen LogP contribution in [-0.4, -0.2) is 14.9 Å². The summed E-state index contributed by atoms with van der Waals surface area (Å²) in [5.74, 6) is 1.01. The molecule has 0 aliphatic heterocycles. The number of hydrogen-bond acceptors (Lipinski definition) is 2. The molecule has 1 N–H and O–H groups in total. The summed E-state index contributed by atoms with van der Waals surface area (Å²) < 4.78 is 1.89. The molecule has 1 aromatic rings. The second-order valence-electron chi connectivity index (χ2n) is 4.99. The van der Waals surface area contributed by atoms with Gasteiger partial charge in [0.2, 0.25) is 0 Å². The minimum atomic E-state index is -0.0241. The average Bonchev–Trinajstić information content (AvgIpc) is 3.01. The molecule has 1 heterocycles. The number of hydrogen-bond donors (Lipinski definition) is 1. The fraction of sp³-hybridized carbons (Fsp3) is 0.750. The Morgan fingerprint density at radius 1 is 1.44 bits per heavy atom. The first-order valence-corrected chi connectivity index (χ1v) is 6.31. The minimum absolute atomic E-state index is 0.0241. The SMILES string of the molecule is CC(C)c1nn(C(C)C2CC2)c(Cl)c1CO. The Morgan fingerprint density at radius 2 is 2.06 bits per heavy atom. The molecular formula is C12H19ClN2O. The molecule has 1 atom stereocenters. The largest absolute Gasteiger partial charge is 0.391 e. The van der Waals surface area contributed by atoms with Gasteiger partial charge < -0.3 is 5.11 Å². The molecule has 1 aromatic heterocycles. The van der Waals surface area contributed by atoms with Crippen LogP contribution in [0.1, 0.15) is 56.8 Å². The van der Waals surface area contributed by atoms with Gasteiger partial charge in [0.1, 0.15) is 5.15 Å². The first-order valence-electron chi connectivity index (χ1n) is 5.93. The molecule has 90 valence electrons. The molecule has 1 aliphatic rings. The van der Waals surface area contributed by atoms with Crippen molar-refractivity contribution >= 4 is 11.6 Å². The van der Waals surface area contributed by atoms with E-state index in [-0.39, 0.29) is 6.61 Å². The van der Waals surface area contributed by atoms with E-state index in [2.05, 4.69) is 25.9 Å². The summed E-state index contributed by atoms with van der Waals surface area (Å²) in [6.07, 6.45) is 2.53. The molecule has 4 heteroatoms. The van der Waals surface area contributed by atoms with Gasteiger partial charge in [0.05, 0.1) is 18.3 Å². The topological polar surface area (TPSA) is 38.0 Å². The van der Waals surface area contributed by atoms with Crippen LogP contribution >= 0.6 is 11.6 Å². The number of halogens is 1. The van der Waals surface area contributed by atoms with Crippen molar-refractivity contribution in [1.29, 1.82) is 0 Å². The van der Waals surface area contributed by atoms with E-state index in [9.17, 15) is 5.11 Å². The molecule has 1 aliphatic carbocycles. The molecule has 3 nitrogen and oxygen atoms in total. The number of aliphatic hydroxyl groups excluding tert-OH is 1. The Morgan fingerprint density at radius 3 is 2.44 bits per heavy atom. The lowest BCUT2D eigenvalue weighted by atomic mass is 10.1. The lowest BCUT2D eigenvalue weighted by Gasteiger charge is -2.11. The van der Waals surface area contributed by atoms with Gasteiger partial charge in [-0.05, 0) is 31.6 Å². The molecule has 0 aromatic carbocycles. The lowest BCUT2D eigenvalue weighted by molar-refractivity contribution is 0.280. The van der Waals surface area contributed by atoms with Gasteiger partial charge in [0.25, 0.3) is 0 Å². The predicted octanol–water partition coefficient (Wildman–Crippen LogP) is 3.12. The Balaban J connectivity index is 2.38. The monoisotopic (exact) mass is 242 g/mol. The van der Waals surface area contributed by atoms with Crippen molar-refractivity contribution in [3.05, 3.63) is 16.4 Å². The quantitative estimate of drug-likeness (QED) is 0.881. The summed E-state index contributed by atoms with van der Waals surface area (Å²) in [5, 5.41) is 14.5. The van der Waals surface area contributed by atoms with Crippen molar-refractivity contribution in [3.8, 4) is 0 Å². The molecule has 0 bridgehead atoms. The van der Waals surface area contributed by atoms with Gasteiger partial charge in [-0.3, -0.25) is 4.68 Å². The summed E-state index contributed by atoms with van der Waals surface area (Å²) in [4.78, 5) is 0. The maximum Gasteiger partial charge on any atom is 0.133 e. The fourth-order valence-corrected chi connectivity index (χ4v) is 2.47. The Hall–Kier alpha value is -0.540. The summed E-state index contributed by atoms with van der Waals surface area (Å²) in [6, 6.07) is 0.352. The summed E-state index contributed by atoms with van der Waals surface area (Å²) >= 11 is 6.28. The van der Waals surface area contributed by atoms with Crippen LogP contribution in [0.4, 0.5) is 0 Å². The van der Waals surface area contributed by atoms with Crippen LogP contribution < -0.4 is 0 Å². The van der Waals surface area contributed by atoms with Crippen molar-refractivity contribution in [3.63, 3.8) is 0 Å². The summed E-state index contributed by atoms with van der Waals surface area (Å²) in [6.45, 7) is 6.28. The van der Waals surface area contributed by atoms with Crippen LogP contribution in [0.15, 0.2) is 0 Å². The number of rotatable bonds is 4. The van der Waals surface area contributed by atoms with Gasteiger partial charge in [-0.25, -0.2) is 0 Å². The fourth-order valence-electron chi connectivity index (χ4n) is 2.12. The van der Waals surface area contributed by atoms with Crippen molar-refractivity contribution in [2.24, 2.45) is 5.92 Å².